The van der Waals surface area contributed by atoms with Gasteiger partial charge < -0.3 is 10.6 Å². The maximum absolute atomic E-state index is 5.91. The molecule has 2 N–H and O–H groups in total. The molecule has 1 aromatic carbocycles. The number of rotatable bonds is 3. The molecule has 0 atom stereocenters. The van der Waals surface area contributed by atoms with Crippen molar-refractivity contribution < 1.29 is 0 Å². The molecule has 1 saturated heterocycles. The summed E-state index contributed by atoms with van der Waals surface area (Å²) in [6.45, 7) is 6.18. The van der Waals surface area contributed by atoms with Gasteiger partial charge in [0.25, 0.3) is 0 Å². The second-order valence-corrected chi connectivity index (χ2v) is 7.84. The van der Waals surface area contributed by atoms with E-state index in [0.717, 1.165) is 30.5 Å². The summed E-state index contributed by atoms with van der Waals surface area (Å²) in [7, 11) is 0. The van der Waals surface area contributed by atoms with Crippen LogP contribution in [0.2, 0.25) is 0 Å². The van der Waals surface area contributed by atoms with Gasteiger partial charge in [-0.1, -0.05) is 50.8 Å². The Bertz CT molecular complexity index is 753. The average Bonchev–Trinajstić information content (AvgIpc) is 2.68. The molecule has 2 heterocycles. The van der Waals surface area contributed by atoms with E-state index in [4.69, 9.17) is 5.73 Å². The first-order valence-corrected chi connectivity index (χ1v) is 9.80. The summed E-state index contributed by atoms with van der Waals surface area (Å²) >= 11 is 0. The molecule has 0 unspecified atom stereocenters. The van der Waals surface area contributed by atoms with E-state index in [2.05, 4.69) is 28.6 Å². The van der Waals surface area contributed by atoms with Crippen molar-refractivity contribution in [3.8, 4) is 0 Å². The Morgan fingerprint density at radius 2 is 1.72 bits per heavy atom. The number of aromatic nitrogens is 1. The van der Waals surface area contributed by atoms with Crippen LogP contribution in [0.3, 0.4) is 0 Å². The Morgan fingerprint density at radius 3 is 2.44 bits per heavy atom. The second-order valence-electron chi connectivity index (χ2n) is 7.84. The first-order valence-electron chi connectivity index (χ1n) is 9.80. The predicted octanol–water partition coefficient (Wildman–Crippen LogP) is 4.96. The largest absolute Gasteiger partial charge is 0.399 e. The molecule has 3 nitrogen and oxygen atoms in total. The Morgan fingerprint density at radius 1 is 1.00 bits per heavy atom. The first kappa shape index (κ1) is 16.4. The molecule has 1 aliphatic carbocycles. The molecule has 1 aromatic heterocycles. The molecule has 0 bridgehead atoms. The first-order chi connectivity index (χ1) is 12.2. The minimum Gasteiger partial charge on any atom is -0.399 e. The molecule has 4 rings (SSSR count). The van der Waals surface area contributed by atoms with Gasteiger partial charge in [-0.25, -0.2) is 0 Å². The van der Waals surface area contributed by atoms with Crippen molar-refractivity contribution >= 4 is 22.2 Å². The third kappa shape index (κ3) is 3.37. The minimum absolute atomic E-state index is 0.626. The quantitative estimate of drug-likeness (QED) is 0.862. The van der Waals surface area contributed by atoms with Crippen molar-refractivity contribution in [3.05, 3.63) is 42.7 Å². The maximum Gasteiger partial charge on any atom is 0.0632 e. The van der Waals surface area contributed by atoms with Gasteiger partial charge in [-0.2, -0.15) is 0 Å². The number of benzene rings is 1. The zero-order valence-electron chi connectivity index (χ0n) is 15.1. The number of nitrogens with zero attached hydrogens (tertiary/aromatic N) is 2. The lowest BCUT2D eigenvalue weighted by Gasteiger charge is -2.38. The normalized spacial score (nSPS) is 20.1. The highest BCUT2D eigenvalue weighted by Crippen LogP contribution is 2.37. The summed E-state index contributed by atoms with van der Waals surface area (Å²) in [5, 5.41) is 2.42. The van der Waals surface area contributed by atoms with E-state index in [9.17, 15) is 0 Å². The number of piperidine rings is 1. The second kappa shape index (κ2) is 7.07. The van der Waals surface area contributed by atoms with Gasteiger partial charge in [0.2, 0.25) is 0 Å². The smallest absolute Gasteiger partial charge is 0.0632 e. The summed E-state index contributed by atoms with van der Waals surface area (Å²) in [6, 6.07) is 6.31. The van der Waals surface area contributed by atoms with Gasteiger partial charge in [-0.15, -0.1) is 0 Å². The van der Waals surface area contributed by atoms with Crippen LogP contribution in [-0.4, -0.2) is 18.1 Å². The number of fused-ring (bicyclic) bond motifs is 1. The molecule has 2 aromatic rings. The standard InChI is InChI=1S/C22H29N3/c1-16(23)19-7-8-20-14-24-15-22(21(20)13-19)25-11-9-18(10-12-25)17-5-3-2-4-6-17/h7-8,13-15,17-18H,1-6,9-12,23H2. The van der Waals surface area contributed by atoms with Crippen molar-refractivity contribution in [2.45, 2.75) is 44.9 Å². The fraction of sp³-hybridized carbons (Fsp3) is 0.500. The van der Waals surface area contributed by atoms with Gasteiger partial charge in [0.05, 0.1) is 11.9 Å². The number of pyridine rings is 1. The lowest BCUT2D eigenvalue weighted by atomic mass is 9.76. The van der Waals surface area contributed by atoms with Crippen LogP contribution < -0.4 is 10.6 Å². The van der Waals surface area contributed by atoms with E-state index < -0.39 is 0 Å². The number of hydrogen-bond acceptors (Lipinski definition) is 3. The van der Waals surface area contributed by atoms with E-state index in [0.29, 0.717) is 5.70 Å². The summed E-state index contributed by atoms with van der Waals surface area (Å²) < 4.78 is 0. The highest BCUT2D eigenvalue weighted by atomic mass is 15.1. The van der Waals surface area contributed by atoms with Gasteiger partial charge in [-0.05, 0) is 36.3 Å². The van der Waals surface area contributed by atoms with Crippen LogP contribution in [0.1, 0.15) is 50.5 Å². The lowest BCUT2D eigenvalue weighted by Crippen LogP contribution is -2.36. The SMILES string of the molecule is C=C(N)c1ccc2cncc(N3CCC(C4CCCCC4)CC3)c2c1. The Balaban J connectivity index is 1.54. The number of anilines is 1. The highest BCUT2D eigenvalue weighted by Gasteiger charge is 2.28. The van der Waals surface area contributed by atoms with Crippen LogP contribution in [0.25, 0.3) is 16.5 Å². The molecule has 25 heavy (non-hydrogen) atoms. The number of hydrogen-bond donors (Lipinski definition) is 1. The fourth-order valence-electron chi connectivity index (χ4n) is 4.82. The third-order valence-electron chi connectivity index (χ3n) is 6.31. The summed E-state index contributed by atoms with van der Waals surface area (Å²) in [4.78, 5) is 7.00. The number of nitrogens with two attached hydrogens (primary N) is 1. The Labute approximate surface area is 150 Å². The maximum atomic E-state index is 5.91. The van der Waals surface area contributed by atoms with E-state index >= 15 is 0 Å². The Kier molecular flexibility index (Phi) is 4.65. The average molecular weight is 335 g/mol. The van der Waals surface area contributed by atoms with E-state index in [1.54, 1.807) is 0 Å². The molecule has 1 aliphatic heterocycles. The topological polar surface area (TPSA) is 42.1 Å². The Hall–Kier alpha value is -2.03. The summed E-state index contributed by atoms with van der Waals surface area (Å²) in [5.41, 5.74) is 8.80. The summed E-state index contributed by atoms with van der Waals surface area (Å²) in [5.74, 6) is 1.91. The molecular weight excluding hydrogens is 306 g/mol. The van der Waals surface area contributed by atoms with Crippen LogP contribution >= 0.6 is 0 Å². The summed E-state index contributed by atoms with van der Waals surface area (Å²) in [6.07, 6.45) is 13.9. The van der Waals surface area contributed by atoms with Crippen molar-refractivity contribution in [3.63, 3.8) is 0 Å². The van der Waals surface area contributed by atoms with Crippen LogP contribution in [0, 0.1) is 11.8 Å². The molecule has 0 spiro atoms. The molecule has 2 fully saturated rings. The molecule has 2 aliphatic rings. The van der Waals surface area contributed by atoms with Crippen molar-refractivity contribution in [1.82, 2.24) is 4.98 Å². The van der Waals surface area contributed by atoms with Gasteiger partial charge in [0, 0.05) is 35.8 Å². The van der Waals surface area contributed by atoms with E-state index in [1.165, 1.54) is 61.4 Å². The van der Waals surface area contributed by atoms with Crippen LogP contribution in [-0.2, 0) is 0 Å². The zero-order chi connectivity index (χ0) is 17.2. The van der Waals surface area contributed by atoms with Crippen molar-refractivity contribution in [2.75, 3.05) is 18.0 Å². The van der Waals surface area contributed by atoms with Gasteiger partial charge in [0.15, 0.2) is 0 Å². The fourth-order valence-corrected chi connectivity index (χ4v) is 4.82. The van der Waals surface area contributed by atoms with Gasteiger partial charge in [0.1, 0.15) is 0 Å². The lowest BCUT2D eigenvalue weighted by molar-refractivity contribution is 0.213. The molecule has 132 valence electrons. The zero-order valence-corrected chi connectivity index (χ0v) is 15.1. The van der Waals surface area contributed by atoms with Gasteiger partial charge in [-0.3, -0.25) is 4.98 Å². The minimum atomic E-state index is 0.626. The highest BCUT2D eigenvalue weighted by molar-refractivity contribution is 5.95. The van der Waals surface area contributed by atoms with Crippen LogP contribution in [0.5, 0.6) is 0 Å². The van der Waals surface area contributed by atoms with Crippen LogP contribution in [0.15, 0.2) is 37.2 Å². The van der Waals surface area contributed by atoms with Crippen LogP contribution in [0.4, 0.5) is 5.69 Å². The van der Waals surface area contributed by atoms with Gasteiger partial charge >= 0.3 is 0 Å². The molecule has 1 saturated carbocycles. The van der Waals surface area contributed by atoms with Crippen molar-refractivity contribution in [1.29, 1.82) is 0 Å². The van der Waals surface area contributed by atoms with E-state index in [-0.39, 0.29) is 0 Å². The molecule has 0 amide bonds. The van der Waals surface area contributed by atoms with E-state index in [1.807, 2.05) is 18.5 Å². The van der Waals surface area contributed by atoms with Crippen molar-refractivity contribution in [2.24, 2.45) is 17.6 Å². The predicted molar refractivity (Wildman–Crippen MR) is 106 cm³/mol. The monoisotopic (exact) mass is 335 g/mol. The molecular formula is C22H29N3. The molecule has 0 radical (unpaired) electrons. The third-order valence-corrected chi connectivity index (χ3v) is 6.31. The molecule has 3 heteroatoms.